The van der Waals surface area contributed by atoms with E-state index in [1.807, 2.05) is 59.5 Å². The van der Waals surface area contributed by atoms with E-state index < -0.39 is 0 Å². The number of hydrogen-bond acceptors (Lipinski definition) is 3. The van der Waals surface area contributed by atoms with Crippen LogP contribution < -0.4 is 5.32 Å². The summed E-state index contributed by atoms with van der Waals surface area (Å²) in [6.45, 7) is 3.63. The van der Waals surface area contributed by atoms with Crippen molar-refractivity contribution in [2.45, 2.75) is 19.6 Å². The smallest absolute Gasteiger partial charge is 0.254 e. The minimum absolute atomic E-state index is 0.00954. The molecule has 3 rings (SSSR count). The number of ether oxygens (including phenoxy) is 1. The van der Waals surface area contributed by atoms with Crippen LogP contribution in [-0.2, 0) is 16.1 Å². The van der Waals surface area contributed by atoms with Crippen LogP contribution in [0, 0.1) is 0 Å². The molecule has 0 bridgehead atoms. The van der Waals surface area contributed by atoms with Gasteiger partial charge in [-0.3, -0.25) is 9.59 Å². The summed E-state index contributed by atoms with van der Waals surface area (Å²) in [6, 6.07) is 17.3. The quantitative estimate of drug-likeness (QED) is 0.932. The van der Waals surface area contributed by atoms with Gasteiger partial charge >= 0.3 is 0 Å². The van der Waals surface area contributed by atoms with Crippen LogP contribution in [0.3, 0.4) is 0 Å². The van der Waals surface area contributed by atoms with E-state index in [1.54, 1.807) is 0 Å². The summed E-state index contributed by atoms with van der Waals surface area (Å²) in [5.41, 5.74) is 2.71. The number of carbonyl (C=O) groups is 2. The maximum Gasteiger partial charge on any atom is 0.254 e. The van der Waals surface area contributed by atoms with Gasteiger partial charge in [0.1, 0.15) is 6.10 Å². The highest BCUT2D eigenvalue weighted by atomic mass is 16.5. The first-order chi connectivity index (χ1) is 12.1. The molecule has 0 radical (unpaired) electrons. The monoisotopic (exact) mass is 338 g/mol. The third kappa shape index (κ3) is 4.45. The van der Waals surface area contributed by atoms with E-state index in [9.17, 15) is 9.59 Å². The molecule has 0 spiro atoms. The molecule has 1 atom stereocenters. The van der Waals surface area contributed by atoms with Crippen LogP contribution >= 0.6 is 0 Å². The minimum Gasteiger partial charge on any atom is -0.370 e. The summed E-state index contributed by atoms with van der Waals surface area (Å²) in [6.07, 6.45) is -0.0852. The summed E-state index contributed by atoms with van der Waals surface area (Å²) >= 11 is 0. The van der Waals surface area contributed by atoms with Crippen LogP contribution in [0.5, 0.6) is 0 Å². The lowest BCUT2D eigenvalue weighted by Crippen LogP contribution is -2.42. The Balaban J connectivity index is 1.65. The van der Waals surface area contributed by atoms with Crippen molar-refractivity contribution < 1.29 is 14.3 Å². The molecule has 0 aliphatic carbocycles. The Hall–Kier alpha value is -2.66. The zero-order valence-corrected chi connectivity index (χ0v) is 14.3. The van der Waals surface area contributed by atoms with Crippen LogP contribution in [-0.4, -0.2) is 36.4 Å². The molecule has 0 aromatic heterocycles. The van der Waals surface area contributed by atoms with Gasteiger partial charge in [0, 0.05) is 25.6 Å². The van der Waals surface area contributed by atoms with Gasteiger partial charge in [-0.05, 0) is 23.3 Å². The summed E-state index contributed by atoms with van der Waals surface area (Å²) in [5.74, 6) is -0.0595. The van der Waals surface area contributed by atoms with Gasteiger partial charge in [-0.2, -0.15) is 0 Å². The molecule has 1 N–H and O–H groups in total. The average molecular weight is 338 g/mol. The van der Waals surface area contributed by atoms with Gasteiger partial charge in [0.05, 0.1) is 13.2 Å². The molecule has 130 valence electrons. The van der Waals surface area contributed by atoms with Gasteiger partial charge in [0.15, 0.2) is 0 Å². The number of carbonyl (C=O) groups excluding carboxylic acids is 2. The van der Waals surface area contributed by atoms with Crippen molar-refractivity contribution in [3.05, 3.63) is 71.3 Å². The van der Waals surface area contributed by atoms with E-state index in [1.165, 1.54) is 6.92 Å². The molecule has 5 nitrogen and oxygen atoms in total. The topological polar surface area (TPSA) is 58.6 Å². The second-order valence-corrected chi connectivity index (χ2v) is 6.13. The molecule has 0 saturated carbocycles. The van der Waals surface area contributed by atoms with Crippen LogP contribution in [0.1, 0.15) is 34.5 Å². The molecule has 1 saturated heterocycles. The fourth-order valence-electron chi connectivity index (χ4n) is 2.88. The van der Waals surface area contributed by atoms with Crippen LogP contribution in [0.15, 0.2) is 54.6 Å². The van der Waals surface area contributed by atoms with Crippen molar-refractivity contribution in [3.63, 3.8) is 0 Å². The standard InChI is InChI=1S/C20H22N2O3/c1-15(23)21-13-16-7-9-18(10-8-16)20(24)22-11-12-25-19(14-22)17-5-3-2-4-6-17/h2-10,19H,11-14H2,1H3,(H,21,23). The molecular weight excluding hydrogens is 316 g/mol. The molecule has 1 heterocycles. The lowest BCUT2D eigenvalue weighted by Gasteiger charge is -2.33. The Kier molecular flexibility index (Phi) is 5.46. The molecule has 1 aliphatic rings. The Morgan fingerprint density at radius 2 is 1.84 bits per heavy atom. The van der Waals surface area contributed by atoms with E-state index >= 15 is 0 Å². The first-order valence-electron chi connectivity index (χ1n) is 8.42. The maximum absolute atomic E-state index is 12.8. The minimum atomic E-state index is -0.0852. The van der Waals surface area contributed by atoms with E-state index in [0.717, 1.165) is 11.1 Å². The summed E-state index contributed by atoms with van der Waals surface area (Å²) in [5, 5.41) is 2.75. The van der Waals surface area contributed by atoms with Crippen molar-refractivity contribution in [3.8, 4) is 0 Å². The largest absolute Gasteiger partial charge is 0.370 e. The lowest BCUT2D eigenvalue weighted by molar-refractivity contribution is -0.119. The van der Waals surface area contributed by atoms with Gasteiger partial charge in [-0.15, -0.1) is 0 Å². The third-order valence-corrected chi connectivity index (χ3v) is 4.27. The second-order valence-electron chi connectivity index (χ2n) is 6.13. The highest BCUT2D eigenvalue weighted by Crippen LogP contribution is 2.23. The molecule has 2 amide bonds. The fourth-order valence-corrected chi connectivity index (χ4v) is 2.88. The molecule has 2 aromatic carbocycles. The van der Waals surface area contributed by atoms with E-state index in [-0.39, 0.29) is 17.9 Å². The van der Waals surface area contributed by atoms with Crippen LogP contribution in [0.4, 0.5) is 0 Å². The zero-order chi connectivity index (χ0) is 17.6. The van der Waals surface area contributed by atoms with Crippen molar-refractivity contribution >= 4 is 11.8 Å². The van der Waals surface area contributed by atoms with Gasteiger partial charge < -0.3 is 15.0 Å². The maximum atomic E-state index is 12.8. The van der Waals surface area contributed by atoms with Crippen molar-refractivity contribution in [1.29, 1.82) is 0 Å². The fraction of sp³-hybridized carbons (Fsp3) is 0.300. The van der Waals surface area contributed by atoms with Gasteiger partial charge in [-0.25, -0.2) is 0 Å². The zero-order valence-electron chi connectivity index (χ0n) is 14.3. The number of morpholine rings is 1. The summed E-state index contributed by atoms with van der Waals surface area (Å²) < 4.78 is 5.82. The van der Waals surface area contributed by atoms with Crippen LogP contribution in [0.2, 0.25) is 0 Å². The normalized spacial score (nSPS) is 17.2. The number of nitrogens with zero attached hydrogens (tertiary/aromatic N) is 1. The SMILES string of the molecule is CC(=O)NCc1ccc(C(=O)N2CCOC(c3ccccc3)C2)cc1. The van der Waals surface area contributed by atoms with E-state index in [4.69, 9.17) is 4.74 Å². The Bertz CT molecular complexity index is 728. The molecule has 25 heavy (non-hydrogen) atoms. The number of nitrogens with one attached hydrogen (secondary N) is 1. The highest BCUT2D eigenvalue weighted by Gasteiger charge is 2.25. The van der Waals surface area contributed by atoms with Gasteiger partial charge in [0.2, 0.25) is 5.91 Å². The lowest BCUT2D eigenvalue weighted by atomic mass is 10.1. The van der Waals surface area contributed by atoms with Gasteiger partial charge in [-0.1, -0.05) is 42.5 Å². The molecule has 5 heteroatoms. The Morgan fingerprint density at radius 3 is 2.52 bits per heavy atom. The first-order valence-corrected chi connectivity index (χ1v) is 8.42. The van der Waals surface area contributed by atoms with Crippen LogP contribution in [0.25, 0.3) is 0 Å². The molecule has 1 fully saturated rings. The number of amides is 2. The van der Waals surface area contributed by atoms with E-state index in [0.29, 0.717) is 31.8 Å². The Morgan fingerprint density at radius 1 is 1.12 bits per heavy atom. The predicted molar refractivity (Wildman–Crippen MR) is 95.0 cm³/mol. The van der Waals surface area contributed by atoms with Gasteiger partial charge in [0.25, 0.3) is 5.91 Å². The highest BCUT2D eigenvalue weighted by molar-refractivity contribution is 5.94. The second kappa shape index (κ2) is 7.94. The molecule has 2 aromatic rings. The number of benzene rings is 2. The third-order valence-electron chi connectivity index (χ3n) is 4.27. The molecular formula is C20H22N2O3. The van der Waals surface area contributed by atoms with Crippen molar-refractivity contribution in [2.24, 2.45) is 0 Å². The first kappa shape index (κ1) is 17.2. The average Bonchev–Trinajstić information content (AvgIpc) is 2.67. The molecule has 1 aliphatic heterocycles. The predicted octanol–water partition coefficient (Wildman–Crippen LogP) is 2.54. The Labute approximate surface area is 147 Å². The number of rotatable bonds is 4. The van der Waals surface area contributed by atoms with Crippen molar-refractivity contribution in [2.75, 3.05) is 19.7 Å². The van der Waals surface area contributed by atoms with E-state index in [2.05, 4.69) is 5.32 Å². The number of hydrogen-bond donors (Lipinski definition) is 1. The summed E-state index contributed by atoms with van der Waals surface area (Å²) in [7, 11) is 0. The molecule has 1 unspecified atom stereocenters. The van der Waals surface area contributed by atoms with Crippen molar-refractivity contribution in [1.82, 2.24) is 10.2 Å². The summed E-state index contributed by atoms with van der Waals surface area (Å²) in [4.78, 5) is 25.6.